The maximum absolute atomic E-state index is 10.9. The second-order valence-electron chi connectivity index (χ2n) is 15.0. The Labute approximate surface area is 270 Å². The zero-order chi connectivity index (χ0) is 34.6. The van der Waals surface area contributed by atoms with Crippen LogP contribution in [-0.2, 0) is 28.4 Å². The van der Waals surface area contributed by atoms with Gasteiger partial charge in [0.2, 0.25) is 0 Å². The van der Waals surface area contributed by atoms with Crippen molar-refractivity contribution >= 4 is 0 Å². The van der Waals surface area contributed by atoms with E-state index in [4.69, 9.17) is 28.4 Å². The largest absolute Gasteiger partial charge is 0.394 e. The molecule has 0 amide bonds. The average molecular weight is 671 g/mol. The molecule has 3 saturated heterocycles. The highest BCUT2D eigenvalue weighted by Gasteiger charge is 2.49. The first-order valence-electron chi connectivity index (χ1n) is 16.1. The minimum absolute atomic E-state index is 0.142. The SMILES string of the molecule is CC(C)(C)CC1OC(CO)C(COCC2OC(CO)C(COCC3OC(CO)C(OC(C)(C)C)C(O)C3O)C(O)C2O)C(O)C1O. The van der Waals surface area contributed by atoms with E-state index in [2.05, 4.69) is 0 Å². The molecule has 0 aromatic rings. The monoisotopic (exact) mass is 670 g/mol. The maximum atomic E-state index is 10.9. The Bertz CT molecular complexity index is 890. The van der Waals surface area contributed by atoms with Gasteiger partial charge in [0.15, 0.2) is 0 Å². The third-order valence-electron chi connectivity index (χ3n) is 8.80. The summed E-state index contributed by atoms with van der Waals surface area (Å²) in [4.78, 5) is 0. The van der Waals surface area contributed by atoms with Crippen molar-refractivity contribution in [3.8, 4) is 0 Å². The van der Waals surface area contributed by atoms with E-state index in [1.165, 1.54) is 0 Å². The van der Waals surface area contributed by atoms with Gasteiger partial charge in [-0.05, 0) is 32.6 Å². The van der Waals surface area contributed by atoms with Gasteiger partial charge in [-0.2, -0.15) is 0 Å². The van der Waals surface area contributed by atoms with Crippen molar-refractivity contribution in [1.82, 2.24) is 0 Å². The molecular weight excluding hydrogens is 612 g/mol. The van der Waals surface area contributed by atoms with E-state index in [1.807, 2.05) is 20.8 Å². The smallest absolute Gasteiger partial charge is 0.115 e. The second-order valence-corrected chi connectivity index (χ2v) is 15.0. The second kappa shape index (κ2) is 16.9. The lowest BCUT2D eigenvalue weighted by molar-refractivity contribution is -0.271. The van der Waals surface area contributed by atoms with E-state index >= 15 is 0 Å². The zero-order valence-electron chi connectivity index (χ0n) is 27.8. The van der Waals surface area contributed by atoms with Gasteiger partial charge in [0.1, 0.15) is 48.8 Å². The first-order chi connectivity index (χ1) is 21.4. The van der Waals surface area contributed by atoms with Gasteiger partial charge < -0.3 is 74.4 Å². The Morgan fingerprint density at radius 2 is 0.870 bits per heavy atom. The number of hydrogen-bond acceptors (Lipinski definition) is 15. The van der Waals surface area contributed by atoms with Gasteiger partial charge in [0, 0.05) is 11.8 Å². The van der Waals surface area contributed by atoms with Crippen LogP contribution in [0, 0.1) is 17.3 Å². The molecule has 46 heavy (non-hydrogen) atoms. The Morgan fingerprint density at radius 3 is 1.28 bits per heavy atom. The molecule has 0 saturated carbocycles. The first-order valence-corrected chi connectivity index (χ1v) is 16.1. The van der Waals surface area contributed by atoms with Crippen LogP contribution in [0.1, 0.15) is 48.0 Å². The topological polar surface area (TPSA) is 237 Å². The lowest BCUT2D eigenvalue weighted by Crippen LogP contribution is -2.62. The molecule has 0 aromatic heterocycles. The number of hydrogen-bond donors (Lipinski definition) is 9. The van der Waals surface area contributed by atoms with Crippen LogP contribution in [0.15, 0.2) is 0 Å². The molecule has 9 N–H and O–H groups in total. The summed E-state index contributed by atoms with van der Waals surface area (Å²) in [7, 11) is 0. The number of ether oxygens (including phenoxy) is 6. The van der Waals surface area contributed by atoms with Crippen molar-refractivity contribution in [3.05, 3.63) is 0 Å². The predicted molar refractivity (Wildman–Crippen MR) is 161 cm³/mol. The van der Waals surface area contributed by atoms with Gasteiger partial charge in [-0.25, -0.2) is 0 Å². The molecule has 3 fully saturated rings. The van der Waals surface area contributed by atoms with Gasteiger partial charge in [-0.15, -0.1) is 0 Å². The molecule has 0 spiro atoms. The van der Waals surface area contributed by atoms with Crippen LogP contribution >= 0.6 is 0 Å². The Hall–Kier alpha value is -0.600. The molecule has 3 rings (SSSR count). The summed E-state index contributed by atoms with van der Waals surface area (Å²) in [5, 5.41) is 94.2. The van der Waals surface area contributed by atoms with Crippen LogP contribution in [0.3, 0.4) is 0 Å². The highest BCUT2D eigenvalue weighted by molar-refractivity contribution is 4.96. The Balaban J connectivity index is 1.52. The molecule has 0 bridgehead atoms. The van der Waals surface area contributed by atoms with Crippen molar-refractivity contribution < 1.29 is 74.4 Å². The summed E-state index contributed by atoms with van der Waals surface area (Å²) >= 11 is 0. The van der Waals surface area contributed by atoms with Crippen molar-refractivity contribution in [2.75, 3.05) is 46.2 Å². The fourth-order valence-corrected chi connectivity index (χ4v) is 6.37. The molecule has 3 heterocycles. The molecule has 15 unspecified atom stereocenters. The number of aliphatic hydroxyl groups is 9. The van der Waals surface area contributed by atoms with Gasteiger partial charge in [0.25, 0.3) is 0 Å². The lowest BCUT2D eigenvalue weighted by Gasteiger charge is -2.45. The summed E-state index contributed by atoms with van der Waals surface area (Å²) in [6.45, 7) is 9.05. The summed E-state index contributed by atoms with van der Waals surface area (Å²) in [5.41, 5.74) is -0.853. The van der Waals surface area contributed by atoms with Gasteiger partial charge in [-0.3, -0.25) is 0 Å². The molecule has 3 aliphatic rings. The Morgan fingerprint density at radius 1 is 0.478 bits per heavy atom. The highest BCUT2D eigenvalue weighted by atomic mass is 16.6. The van der Waals surface area contributed by atoms with Gasteiger partial charge >= 0.3 is 0 Å². The number of rotatable bonds is 13. The van der Waals surface area contributed by atoms with Crippen LogP contribution in [0.5, 0.6) is 0 Å². The maximum Gasteiger partial charge on any atom is 0.115 e. The van der Waals surface area contributed by atoms with Crippen LogP contribution < -0.4 is 0 Å². The minimum Gasteiger partial charge on any atom is -0.394 e. The van der Waals surface area contributed by atoms with E-state index in [1.54, 1.807) is 20.8 Å². The van der Waals surface area contributed by atoms with E-state index in [0.29, 0.717) is 6.42 Å². The van der Waals surface area contributed by atoms with Gasteiger partial charge in [0.05, 0.1) is 82.4 Å². The molecule has 15 heteroatoms. The summed E-state index contributed by atoms with van der Waals surface area (Å²) in [6.07, 6.45) is -14.0. The molecular formula is C31H58O15. The molecule has 272 valence electrons. The third-order valence-corrected chi connectivity index (χ3v) is 8.80. The van der Waals surface area contributed by atoms with Crippen molar-refractivity contribution in [2.24, 2.45) is 17.3 Å². The molecule has 0 aromatic carbocycles. The Kier molecular flexibility index (Phi) is 14.6. The molecule has 15 nitrogen and oxygen atoms in total. The van der Waals surface area contributed by atoms with Crippen LogP contribution in [0.25, 0.3) is 0 Å². The fraction of sp³-hybridized carbons (Fsp3) is 1.00. The van der Waals surface area contributed by atoms with E-state index < -0.39 is 117 Å². The molecule has 0 radical (unpaired) electrons. The summed E-state index contributed by atoms with van der Waals surface area (Å²) < 4.78 is 34.7. The molecule has 15 atom stereocenters. The summed E-state index contributed by atoms with van der Waals surface area (Å²) in [5.74, 6) is -1.65. The quantitative estimate of drug-likeness (QED) is 0.0971. The summed E-state index contributed by atoms with van der Waals surface area (Å²) in [6, 6.07) is 0. The van der Waals surface area contributed by atoms with E-state index in [9.17, 15) is 46.0 Å². The normalized spacial score (nSPS) is 42.7. The standard InChI is InChI=1S/C31H58O15/c1-30(2,3)7-17-25(37)23(35)15(18(8-32)43-17)11-41-13-21-26(38)24(36)16(19(9-33)44-21)12-42-14-22-27(39)28(40)29(20(10-34)45-22)46-31(4,5)6/h15-29,32-40H,7-14H2,1-6H3. The molecule has 0 aliphatic carbocycles. The first kappa shape index (κ1) is 39.8. The predicted octanol–water partition coefficient (Wildman–Crippen LogP) is -2.68. The van der Waals surface area contributed by atoms with E-state index in [-0.39, 0.29) is 31.8 Å². The van der Waals surface area contributed by atoms with Crippen LogP contribution in [0.2, 0.25) is 0 Å². The molecule has 3 aliphatic heterocycles. The minimum atomic E-state index is -1.44. The van der Waals surface area contributed by atoms with Crippen molar-refractivity contribution in [1.29, 1.82) is 0 Å². The van der Waals surface area contributed by atoms with E-state index in [0.717, 1.165) is 0 Å². The van der Waals surface area contributed by atoms with Crippen LogP contribution in [0.4, 0.5) is 0 Å². The zero-order valence-corrected chi connectivity index (χ0v) is 27.8. The number of aliphatic hydroxyl groups excluding tert-OH is 9. The third kappa shape index (κ3) is 10.2. The highest BCUT2D eigenvalue weighted by Crippen LogP contribution is 2.34. The lowest BCUT2D eigenvalue weighted by atomic mass is 9.81. The average Bonchev–Trinajstić information content (AvgIpc) is 2.97. The van der Waals surface area contributed by atoms with Crippen molar-refractivity contribution in [3.63, 3.8) is 0 Å². The fourth-order valence-electron chi connectivity index (χ4n) is 6.37. The van der Waals surface area contributed by atoms with Crippen LogP contribution in [-0.4, -0.2) is 177 Å². The van der Waals surface area contributed by atoms with Gasteiger partial charge in [-0.1, -0.05) is 20.8 Å². The van der Waals surface area contributed by atoms with Crippen molar-refractivity contribution in [2.45, 2.75) is 133 Å².